The van der Waals surface area contributed by atoms with Crippen LogP contribution in [-0.4, -0.2) is 22.8 Å². The first kappa shape index (κ1) is 23.9. The van der Waals surface area contributed by atoms with Gasteiger partial charge in [-0.2, -0.15) is 0 Å². The van der Waals surface area contributed by atoms with E-state index in [-0.39, 0.29) is 28.8 Å². The van der Waals surface area contributed by atoms with E-state index < -0.39 is 11.4 Å². The topological polar surface area (TPSA) is 57.5 Å². The Morgan fingerprint density at radius 3 is 2.36 bits per heavy atom. The molecule has 2 N–H and O–H groups in total. The lowest BCUT2D eigenvalue weighted by molar-refractivity contribution is -0.211. The molecular formula is C30H48O3. The maximum Gasteiger partial charge on any atom is 0.309 e. The Bertz CT molecular complexity index is 863. The largest absolute Gasteiger partial charge is 0.481 e. The monoisotopic (exact) mass is 456 g/mol. The number of allylic oxidation sites excluding steroid dienone is 2. The van der Waals surface area contributed by atoms with Gasteiger partial charge in [-0.1, -0.05) is 52.7 Å². The summed E-state index contributed by atoms with van der Waals surface area (Å²) in [5.74, 6) is 2.00. The number of rotatable bonds is 2. The highest BCUT2D eigenvalue weighted by atomic mass is 16.4. The molecule has 5 aliphatic rings. The number of carboxylic acids is 1. The summed E-state index contributed by atoms with van der Waals surface area (Å²) in [5, 5.41) is 21.3. The van der Waals surface area contributed by atoms with Crippen molar-refractivity contribution in [2.45, 2.75) is 106 Å². The van der Waals surface area contributed by atoms with Crippen molar-refractivity contribution >= 4 is 5.97 Å². The molecule has 3 nitrogen and oxygen atoms in total. The fourth-order valence-corrected chi connectivity index (χ4v) is 10.9. The van der Waals surface area contributed by atoms with Gasteiger partial charge in [0.2, 0.25) is 0 Å². The predicted octanol–water partition coefficient (Wildman–Crippen LogP) is 7.09. The van der Waals surface area contributed by atoms with Crippen molar-refractivity contribution in [3.63, 3.8) is 0 Å². The van der Waals surface area contributed by atoms with Crippen LogP contribution in [0, 0.1) is 56.7 Å². The predicted molar refractivity (Wildman–Crippen MR) is 133 cm³/mol. The molecule has 0 radical (unpaired) electrons. The van der Waals surface area contributed by atoms with Crippen molar-refractivity contribution < 1.29 is 15.0 Å². The number of fused-ring (bicyclic) bond motifs is 7. The molecular weight excluding hydrogens is 408 g/mol. The molecule has 5 rings (SSSR count). The van der Waals surface area contributed by atoms with Crippen LogP contribution in [0.3, 0.4) is 0 Å². The highest BCUT2D eigenvalue weighted by Gasteiger charge is 2.69. The lowest BCUT2D eigenvalue weighted by Crippen LogP contribution is -2.65. The summed E-state index contributed by atoms with van der Waals surface area (Å²) < 4.78 is 0. The smallest absolute Gasteiger partial charge is 0.309 e. The van der Waals surface area contributed by atoms with Gasteiger partial charge in [0.15, 0.2) is 0 Å². The van der Waals surface area contributed by atoms with Crippen LogP contribution in [0.5, 0.6) is 0 Å². The summed E-state index contributed by atoms with van der Waals surface area (Å²) in [6.45, 7) is 14.8. The molecule has 33 heavy (non-hydrogen) atoms. The molecule has 5 aliphatic carbocycles. The summed E-state index contributed by atoms with van der Waals surface area (Å²) >= 11 is 0. The molecule has 0 bridgehead atoms. The van der Waals surface area contributed by atoms with Crippen LogP contribution in [-0.2, 0) is 4.79 Å². The normalized spacial score (nSPS) is 56.0. The van der Waals surface area contributed by atoms with Gasteiger partial charge >= 0.3 is 5.97 Å². The van der Waals surface area contributed by atoms with Gasteiger partial charge in [-0.3, -0.25) is 4.79 Å². The standard InChI is InChI=1S/C30H48O3/c1-19-10-14-26(3)16-17-28(5)21(24(26)20(19)2)8-9-23-29(28,6)15-11-22-27(4,25(32)33)12-7-13-30(22,23)18-31/h8,19-20,22-24,31H,7,9-18H2,1-6H3,(H,32,33)/t19-,20+,22?,23+,24+,26-,27?,28-,29-,30-/m1/s1. The van der Waals surface area contributed by atoms with Gasteiger partial charge in [0.05, 0.1) is 5.41 Å². The Balaban J connectivity index is 1.62. The fourth-order valence-electron chi connectivity index (χ4n) is 10.9. The molecule has 0 aromatic heterocycles. The molecule has 2 unspecified atom stereocenters. The van der Waals surface area contributed by atoms with Crippen molar-refractivity contribution in [2.24, 2.45) is 56.7 Å². The first-order chi connectivity index (χ1) is 15.4. The van der Waals surface area contributed by atoms with E-state index in [1.165, 1.54) is 25.7 Å². The molecule has 0 spiro atoms. The van der Waals surface area contributed by atoms with E-state index in [2.05, 4.69) is 40.7 Å². The van der Waals surface area contributed by atoms with Crippen molar-refractivity contribution in [3.05, 3.63) is 11.6 Å². The molecule has 3 heteroatoms. The number of carbonyl (C=O) groups is 1. The highest BCUT2D eigenvalue weighted by Crippen LogP contribution is 2.75. The van der Waals surface area contributed by atoms with Gasteiger partial charge in [-0.15, -0.1) is 0 Å². The Hall–Kier alpha value is -0.830. The average molecular weight is 457 g/mol. The Labute approximate surface area is 201 Å². The zero-order chi connectivity index (χ0) is 24.0. The van der Waals surface area contributed by atoms with E-state index in [0.29, 0.717) is 17.3 Å². The molecule has 186 valence electrons. The lowest BCUT2D eigenvalue weighted by atomic mass is 9.33. The van der Waals surface area contributed by atoms with Crippen LogP contribution < -0.4 is 0 Å². The van der Waals surface area contributed by atoms with Crippen LogP contribution in [0.2, 0.25) is 0 Å². The van der Waals surface area contributed by atoms with E-state index in [1.54, 1.807) is 5.57 Å². The van der Waals surface area contributed by atoms with E-state index in [4.69, 9.17) is 0 Å². The summed E-state index contributed by atoms with van der Waals surface area (Å²) in [4.78, 5) is 12.5. The van der Waals surface area contributed by atoms with Crippen LogP contribution in [0.4, 0.5) is 0 Å². The first-order valence-electron chi connectivity index (χ1n) is 13.9. The lowest BCUT2D eigenvalue weighted by Gasteiger charge is -2.71. The third kappa shape index (κ3) is 2.81. The van der Waals surface area contributed by atoms with Crippen LogP contribution in [0.1, 0.15) is 106 Å². The summed E-state index contributed by atoms with van der Waals surface area (Å²) in [7, 11) is 0. The van der Waals surface area contributed by atoms with Gasteiger partial charge in [0.1, 0.15) is 0 Å². The van der Waals surface area contributed by atoms with E-state index in [9.17, 15) is 15.0 Å². The van der Waals surface area contributed by atoms with Gasteiger partial charge in [-0.25, -0.2) is 0 Å². The zero-order valence-electron chi connectivity index (χ0n) is 22.0. The van der Waals surface area contributed by atoms with E-state index in [0.717, 1.165) is 50.4 Å². The molecule has 0 amide bonds. The third-order valence-electron chi connectivity index (χ3n) is 13.3. The molecule has 0 saturated heterocycles. The van der Waals surface area contributed by atoms with Gasteiger partial charge in [0.25, 0.3) is 0 Å². The van der Waals surface area contributed by atoms with E-state index in [1.807, 2.05) is 6.92 Å². The molecule has 4 saturated carbocycles. The van der Waals surface area contributed by atoms with Gasteiger partial charge in [-0.05, 0) is 111 Å². The second-order valence-corrected chi connectivity index (χ2v) is 14.3. The number of aliphatic carboxylic acids is 1. The molecule has 10 atom stereocenters. The third-order valence-corrected chi connectivity index (χ3v) is 13.3. The second kappa shape index (κ2) is 7.34. The first-order valence-corrected chi connectivity index (χ1v) is 13.9. The molecule has 0 heterocycles. The van der Waals surface area contributed by atoms with E-state index >= 15 is 0 Å². The summed E-state index contributed by atoms with van der Waals surface area (Å²) in [6, 6.07) is 0. The molecule has 0 aromatic carbocycles. The molecule has 0 aliphatic heterocycles. The highest BCUT2D eigenvalue weighted by molar-refractivity contribution is 5.75. The number of aliphatic hydroxyl groups excluding tert-OH is 1. The Morgan fingerprint density at radius 2 is 1.70 bits per heavy atom. The van der Waals surface area contributed by atoms with Crippen LogP contribution >= 0.6 is 0 Å². The quantitative estimate of drug-likeness (QED) is 0.436. The molecule has 0 aromatic rings. The second-order valence-electron chi connectivity index (χ2n) is 14.3. The van der Waals surface area contributed by atoms with Crippen molar-refractivity contribution in [2.75, 3.05) is 6.61 Å². The summed E-state index contributed by atoms with van der Waals surface area (Å²) in [5.41, 5.74) is 1.52. The minimum Gasteiger partial charge on any atom is -0.481 e. The minimum atomic E-state index is -0.703. The van der Waals surface area contributed by atoms with Gasteiger partial charge in [0, 0.05) is 12.0 Å². The number of hydrogen-bond donors (Lipinski definition) is 2. The maximum atomic E-state index is 12.5. The van der Waals surface area contributed by atoms with Crippen molar-refractivity contribution in [3.8, 4) is 0 Å². The number of carboxylic acid groups (broad SMARTS) is 1. The van der Waals surface area contributed by atoms with Gasteiger partial charge < -0.3 is 10.2 Å². The zero-order valence-corrected chi connectivity index (χ0v) is 22.0. The van der Waals surface area contributed by atoms with Crippen LogP contribution in [0.15, 0.2) is 11.6 Å². The minimum absolute atomic E-state index is 0.0837. The number of hydrogen-bond acceptors (Lipinski definition) is 2. The SMILES string of the molecule is C[C@H]1[C@H](C)CC[C@]2(C)CC[C@]3(C)C(=CC[C@@H]4[C@@]5(CO)CCCC(C)(C(=O)O)C5CC[C@]43C)[C@H]12. The number of aliphatic hydroxyl groups is 1. The Kier molecular flexibility index (Phi) is 5.31. The summed E-state index contributed by atoms with van der Waals surface area (Å²) in [6.07, 6.45) is 13.7. The fraction of sp³-hybridized carbons (Fsp3) is 0.900. The maximum absolute atomic E-state index is 12.5. The Morgan fingerprint density at radius 1 is 0.970 bits per heavy atom. The van der Waals surface area contributed by atoms with Crippen molar-refractivity contribution in [1.29, 1.82) is 0 Å². The molecule has 4 fully saturated rings. The van der Waals surface area contributed by atoms with Crippen LogP contribution in [0.25, 0.3) is 0 Å². The average Bonchev–Trinajstić information content (AvgIpc) is 2.77. The van der Waals surface area contributed by atoms with Crippen molar-refractivity contribution in [1.82, 2.24) is 0 Å².